The van der Waals surface area contributed by atoms with E-state index in [9.17, 15) is 0 Å². The molecule has 0 heterocycles. The van der Waals surface area contributed by atoms with Crippen LogP contribution < -0.4 is 0 Å². The lowest BCUT2D eigenvalue weighted by Crippen LogP contribution is -2.09. The van der Waals surface area contributed by atoms with Crippen LogP contribution in [0, 0.1) is 0 Å². The van der Waals surface area contributed by atoms with Gasteiger partial charge in [0.2, 0.25) is 0 Å². The predicted octanol–water partition coefficient (Wildman–Crippen LogP) is 2.24. The van der Waals surface area contributed by atoms with Crippen LogP contribution >= 0.6 is 23.4 Å². The van der Waals surface area contributed by atoms with Crippen molar-refractivity contribution >= 4 is 23.4 Å². The van der Waals surface area contributed by atoms with Gasteiger partial charge in [-0.3, -0.25) is 0 Å². The Balaban J connectivity index is 3.21. The Labute approximate surface area is 71.5 Å². The first-order valence-corrected chi connectivity index (χ1v) is 4.81. The minimum atomic E-state index is -0.543. The van der Waals surface area contributed by atoms with E-state index < -0.39 is 6.10 Å². The van der Waals surface area contributed by atoms with E-state index in [1.54, 1.807) is 11.8 Å². The van der Waals surface area contributed by atoms with E-state index in [0.717, 1.165) is 12.2 Å². The number of hydrogen-bond donors (Lipinski definition) is 1. The van der Waals surface area contributed by atoms with Gasteiger partial charge in [0.15, 0.2) is 0 Å². The Bertz CT molecular complexity index is 106. The minimum Gasteiger partial charge on any atom is -0.387 e. The molecule has 0 fully saturated rings. The number of thioether (sulfide) groups is 1. The summed E-state index contributed by atoms with van der Waals surface area (Å²) < 4.78 is 0. The lowest BCUT2D eigenvalue weighted by Gasteiger charge is -2.06. The van der Waals surface area contributed by atoms with E-state index in [4.69, 9.17) is 16.7 Å². The van der Waals surface area contributed by atoms with Gasteiger partial charge in [-0.15, -0.1) is 0 Å². The number of hydrogen-bond acceptors (Lipinski definition) is 2. The van der Waals surface area contributed by atoms with Gasteiger partial charge in [-0.05, 0) is 12.2 Å². The summed E-state index contributed by atoms with van der Waals surface area (Å²) in [4.78, 5) is 0. The summed E-state index contributed by atoms with van der Waals surface area (Å²) in [7, 11) is 0. The zero-order valence-corrected chi connectivity index (χ0v) is 7.71. The van der Waals surface area contributed by atoms with Gasteiger partial charge < -0.3 is 5.11 Å². The third kappa shape index (κ3) is 5.15. The highest BCUT2D eigenvalue weighted by molar-refractivity contribution is 7.99. The molecule has 0 spiro atoms. The molecule has 0 aliphatic carbocycles. The van der Waals surface area contributed by atoms with E-state index in [0.29, 0.717) is 10.8 Å². The van der Waals surface area contributed by atoms with Crippen LogP contribution in [0.1, 0.15) is 13.3 Å². The molecule has 0 aromatic rings. The van der Waals surface area contributed by atoms with E-state index in [1.165, 1.54) is 0 Å². The molecule has 1 unspecified atom stereocenters. The van der Waals surface area contributed by atoms with Gasteiger partial charge >= 0.3 is 0 Å². The SMILES string of the molecule is C=C(Cl)C(O)CSCCC. The molecular formula is C7H13ClOS. The summed E-state index contributed by atoms with van der Waals surface area (Å²) in [5.74, 6) is 1.73. The monoisotopic (exact) mass is 180 g/mol. The molecule has 0 bridgehead atoms. The Morgan fingerprint density at radius 3 is 2.80 bits per heavy atom. The van der Waals surface area contributed by atoms with Gasteiger partial charge in [-0.25, -0.2) is 0 Å². The quantitative estimate of drug-likeness (QED) is 0.655. The molecule has 0 radical (unpaired) electrons. The van der Waals surface area contributed by atoms with Crippen LogP contribution in [-0.2, 0) is 0 Å². The first kappa shape index (κ1) is 10.3. The molecule has 0 rings (SSSR count). The maximum Gasteiger partial charge on any atom is 0.0979 e. The Morgan fingerprint density at radius 1 is 1.80 bits per heavy atom. The topological polar surface area (TPSA) is 20.2 Å². The maximum atomic E-state index is 9.10. The molecule has 10 heavy (non-hydrogen) atoms. The van der Waals surface area contributed by atoms with Crippen molar-refractivity contribution in [2.24, 2.45) is 0 Å². The molecule has 0 aromatic heterocycles. The normalized spacial score (nSPS) is 13.1. The van der Waals surface area contributed by atoms with Crippen LogP contribution in [0.15, 0.2) is 11.6 Å². The fourth-order valence-electron chi connectivity index (χ4n) is 0.430. The largest absolute Gasteiger partial charge is 0.387 e. The average molecular weight is 181 g/mol. The summed E-state index contributed by atoms with van der Waals surface area (Å²) in [5, 5.41) is 9.44. The van der Waals surface area contributed by atoms with Gasteiger partial charge in [0.1, 0.15) is 0 Å². The highest BCUT2D eigenvalue weighted by Gasteiger charge is 2.04. The van der Waals surface area contributed by atoms with Crippen molar-refractivity contribution in [2.75, 3.05) is 11.5 Å². The van der Waals surface area contributed by atoms with Crippen molar-refractivity contribution in [1.29, 1.82) is 0 Å². The van der Waals surface area contributed by atoms with Crippen LogP contribution in [-0.4, -0.2) is 22.7 Å². The van der Waals surface area contributed by atoms with Crippen molar-refractivity contribution < 1.29 is 5.11 Å². The molecule has 0 saturated heterocycles. The minimum absolute atomic E-state index is 0.337. The standard InChI is InChI=1S/C7H13ClOS/c1-3-4-10-5-7(9)6(2)8/h7,9H,2-5H2,1H3. The highest BCUT2D eigenvalue weighted by atomic mass is 35.5. The summed E-state index contributed by atoms with van der Waals surface area (Å²) in [6.45, 7) is 5.54. The molecule has 0 saturated carbocycles. The summed E-state index contributed by atoms with van der Waals surface area (Å²) >= 11 is 7.14. The lowest BCUT2D eigenvalue weighted by molar-refractivity contribution is 0.244. The van der Waals surface area contributed by atoms with Crippen molar-refractivity contribution in [3.8, 4) is 0 Å². The average Bonchev–Trinajstić information content (AvgIpc) is 1.88. The molecule has 1 atom stereocenters. The zero-order chi connectivity index (χ0) is 7.98. The van der Waals surface area contributed by atoms with Crippen molar-refractivity contribution in [3.63, 3.8) is 0 Å². The number of halogens is 1. The summed E-state index contributed by atoms with van der Waals surface area (Å²) in [6, 6.07) is 0. The number of aliphatic hydroxyl groups is 1. The van der Waals surface area contributed by atoms with E-state index in [2.05, 4.69) is 13.5 Å². The van der Waals surface area contributed by atoms with Crippen molar-refractivity contribution in [1.82, 2.24) is 0 Å². The maximum absolute atomic E-state index is 9.10. The van der Waals surface area contributed by atoms with Crippen LogP contribution in [0.25, 0.3) is 0 Å². The second-order valence-corrected chi connectivity index (χ2v) is 3.67. The lowest BCUT2D eigenvalue weighted by atomic mass is 10.4. The molecule has 60 valence electrons. The Kier molecular flexibility index (Phi) is 6.28. The fraction of sp³-hybridized carbons (Fsp3) is 0.714. The first-order valence-electron chi connectivity index (χ1n) is 3.28. The second-order valence-electron chi connectivity index (χ2n) is 2.04. The molecule has 1 N–H and O–H groups in total. The third-order valence-corrected chi connectivity index (χ3v) is 2.49. The highest BCUT2D eigenvalue weighted by Crippen LogP contribution is 2.11. The van der Waals surface area contributed by atoms with E-state index >= 15 is 0 Å². The summed E-state index contributed by atoms with van der Waals surface area (Å²) in [5.41, 5.74) is 0. The van der Waals surface area contributed by atoms with E-state index in [1.807, 2.05) is 0 Å². The third-order valence-electron chi connectivity index (χ3n) is 0.986. The van der Waals surface area contributed by atoms with Crippen LogP contribution in [0.3, 0.4) is 0 Å². The van der Waals surface area contributed by atoms with Gasteiger partial charge in [0.25, 0.3) is 0 Å². The van der Waals surface area contributed by atoms with Gasteiger partial charge in [0, 0.05) is 10.8 Å². The first-order chi connectivity index (χ1) is 4.68. The second kappa shape index (κ2) is 6.08. The molecule has 0 aliphatic rings. The molecule has 1 nitrogen and oxygen atoms in total. The van der Waals surface area contributed by atoms with Gasteiger partial charge in [-0.2, -0.15) is 11.8 Å². The zero-order valence-electron chi connectivity index (χ0n) is 6.14. The Morgan fingerprint density at radius 2 is 2.40 bits per heavy atom. The summed E-state index contributed by atoms with van der Waals surface area (Å²) in [6.07, 6.45) is 0.588. The molecular weight excluding hydrogens is 168 g/mol. The molecule has 0 amide bonds. The molecule has 0 aliphatic heterocycles. The van der Waals surface area contributed by atoms with Crippen LogP contribution in [0.2, 0.25) is 0 Å². The fourth-order valence-corrected chi connectivity index (χ4v) is 1.48. The number of aliphatic hydroxyl groups excluding tert-OH is 1. The van der Waals surface area contributed by atoms with Crippen LogP contribution in [0.4, 0.5) is 0 Å². The smallest absolute Gasteiger partial charge is 0.0979 e. The van der Waals surface area contributed by atoms with Crippen molar-refractivity contribution in [3.05, 3.63) is 11.6 Å². The molecule has 3 heteroatoms. The predicted molar refractivity (Wildman–Crippen MR) is 48.6 cm³/mol. The van der Waals surface area contributed by atoms with Crippen LogP contribution in [0.5, 0.6) is 0 Å². The van der Waals surface area contributed by atoms with Gasteiger partial charge in [0.05, 0.1) is 6.10 Å². The van der Waals surface area contributed by atoms with Gasteiger partial charge in [-0.1, -0.05) is 25.1 Å². The number of rotatable bonds is 5. The molecule has 0 aromatic carbocycles. The Hall–Kier alpha value is 0.340. The van der Waals surface area contributed by atoms with Crippen molar-refractivity contribution in [2.45, 2.75) is 19.4 Å². The van der Waals surface area contributed by atoms with E-state index in [-0.39, 0.29) is 0 Å².